The number of hydrogen-bond donors (Lipinski definition) is 1. The second-order valence-electron chi connectivity index (χ2n) is 4.55. The van der Waals surface area contributed by atoms with Crippen LogP contribution in [-0.4, -0.2) is 6.54 Å². The van der Waals surface area contributed by atoms with Gasteiger partial charge >= 0.3 is 0 Å². The molecule has 0 bridgehead atoms. The zero-order valence-electron chi connectivity index (χ0n) is 10.8. The van der Waals surface area contributed by atoms with Gasteiger partial charge < -0.3 is 9.73 Å². The van der Waals surface area contributed by atoms with Gasteiger partial charge in [0.2, 0.25) is 0 Å². The van der Waals surface area contributed by atoms with Crippen LogP contribution >= 0.6 is 31.9 Å². The first kappa shape index (κ1) is 14.8. The van der Waals surface area contributed by atoms with Gasteiger partial charge in [-0.05, 0) is 54.8 Å². The number of halogens is 2. The predicted molar refractivity (Wildman–Crippen MR) is 85.3 cm³/mol. The molecule has 0 aliphatic carbocycles. The van der Waals surface area contributed by atoms with Gasteiger partial charge in [0, 0.05) is 15.0 Å². The fourth-order valence-corrected chi connectivity index (χ4v) is 3.38. The maximum atomic E-state index is 5.16. The van der Waals surface area contributed by atoms with Crippen LogP contribution in [0.15, 0.2) is 50.2 Å². The highest BCUT2D eigenvalue weighted by molar-refractivity contribution is 9.11. The van der Waals surface area contributed by atoms with Crippen molar-refractivity contribution in [2.45, 2.75) is 25.8 Å². The second-order valence-corrected chi connectivity index (χ2v) is 6.38. The second kappa shape index (κ2) is 7.27. The molecule has 4 heteroatoms. The smallest absolute Gasteiger partial charge is 0.0935 e. The minimum absolute atomic E-state index is 0.298. The van der Waals surface area contributed by atoms with Crippen LogP contribution < -0.4 is 5.32 Å². The molecule has 19 heavy (non-hydrogen) atoms. The number of rotatable bonds is 6. The molecule has 0 saturated heterocycles. The minimum Gasteiger partial charge on any atom is -0.472 e. The molecular weight excluding hydrogens is 370 g/mol. The number of furan rings is 1. The Morgan fingerprint density at radius 2 is 1.95 bits per heavy atom. The average molecular weight is 387 g/mol. The summed E-state index contributed by atoms with van der Waals surface area (Å²) < 4.78 is 7.34. The summed E-state index contributed by atoms with van der Waals surface area (Å²) in [6.07, 6.45) is 5.59. The van der Waals surface area contributed by atoms with E-state index in [1.165, 1.54) is 11.1 Å². The zero-order valence-corrected chi connectivity index (χ0v) is 14.0. The summed E-state index contributed by atoms with van der Waals surface area (Å²) in [6, 6.07) is 8.70. The number of hydrogen-bond acceptors (Lipinski definition) is 2. The lowest BCUT2D eigenvalue weighted by molar-refractivity contribution is 0.520. The highest BCUT2D eigenvalue weighted by atomic mass is 79.9. The van der Waals surface area contributed by atoms with E-state index in [0.717, 1.165) is 28.3 Å². The summed E-state index contributed by atoms with van der Waals surface area (Å²) in [5.74, 6) is 0. The van der Waals surface area contributed by atoms with Gasteiger partial charge in [0.25, 0.3) is 0 Å². The molecule has 0 radical (unpaired) electrons. The summed E-state index contributed by atoms with van der Waals surface area (Å²) >= 11 is 7.10. The lowest BCUT2D eigenvalue weighted by atomic mass is 10.0. The Morgan fingerprint density at radius 1 is 1.21 bits per heavy atom. The molecule has 2 nitrogen and oxygen atoms in total. The Labute approximate surface area is 130 Å². The molecule has 1 unspecified atom stereocenters. The zero-order chi connectivity index (χ0) is 13.7. The Kier molecular flexibility index (Phi) is 5.67. The van der Waals surface area contributed by atoms with Gasteiger partial charge in [0.1, 0.15) is 0 Å². The normalized spacial score (nSPS) is 12.6. The van der Waals surface area contributed by atoms with E-state index < -0.39 is 0 Å². The third-order valence-electron chi connectivity index (χ3n) is 2.95. The van der Waals surface area contributed by atoms with Gasteiger partial charge in [-0.3, -0.25) is 0 Å². The lowest BCUT2D eigenvalue weighted by Gasteiger charge is -2.19. The Balaban J connectivity index is 2.20. The number of benzene rings is 1. The van der Waals surface area contributed by atoms with Crippen molar-refractivity contribution in [3.8, 4) is 0 Å². The van der Waals surface area contributed by atoms with E-state index in [2.05, 4.69) is 62.3 Å². The molecule has 2 aromatic rings. The van der Waals surface area contributed by atoms with E-state index in [0.29, 0.717) is 6.04 Å². The van der Waals surface area contributed by atoms with Crippen molar-refractivity contribution in [1.29, 1.82) is 0 Å². The van der Waals surface area contributed by atoms with Gasteiger partial charge in [-0.25, -0.2) is 0 Å². The van der Waals surface area contributed by atoms with Crippen LogP contribution in [0.25, 0.3) is 0 Å². The van der Waals surface area contributed by atoms with Crippen molar-refractivity contribution in [3.05, 3.63) is 56.9 Å². The Bertz CT molecular complexity index is 491. The molecule has 2 rings (SSSR count). The van der Waals surface area contributed by atoms with Crippen LogP contribution in [0.2, 0.25) is 0 Å². The van der Waals surface area contributed by atoms with Crippen LogP contribution in [-0.2, 0) is 6.42 Å². The minimum atomic E-state index is 0.298. The molecule has 1 heterocycles. The summed E-state index contributed by atoms with van der Waals surface area (Å²) in [6.45, 7) is 3.19. The van der Waals surface area contributed by atoms with Gasteiger partial charge in [0.05, 0.1) is 12.5 Å². The highest BCUT2D eigenvalue weighted by Crippen LogP contribution is 2.26. The van der Waals surface area contributed by atoms with Crippen LogP contribution in [0.3, 0.4) is 0 Å². The van der Waals surface area contributed by atoms with Crippen molar-refractivity contribution < 1.29 is 4.42 Å². The van der Waals surface area contributed by atoms with Crippen molar-refractivity contribution in [1.82, 2.24) is 5.32 Å². The lowest BCUT2D eigenvalue weighted by Crippen LogP contribution is -2.24. The molecule has 0 amide bonds. The molecule has 0 aliphatic rings. The molecule has 0 saturated carbocycles. The largest absolute Gasteiger partial charge is 0.472 e. The van der Waals surface area contributed by atoms with Crippen molar-refractivity contribution >= 4 is 31.9 Å². The number of nitrogens with one attached hydrogen (secondary N) is 1. The summed E-state index contributed by atoms with van der Waals surface area (Å²) in [5.41, 5.74) is 2.49. The molecule has 1 aromatic heterocycles. The predicted octanol–water partition coefficient (Wildman–Crippen LogP) is 5.09. The van der Waals surface area contributed by atoms with E-state index in [-0.39, 0.29) is 0 Å². The van der Waals surface area contributed by atoms with Gasteiger partial charge in [0.15, 0.2) is 0 Å². The standard InChI is InChI=1S/C15H17Br2NO/c1-2-4-18-15(6-11-3-5-19-10-11)12-7-13(16)9-14(17)8-12/h3,5,7-10,15,18H,2,4,6H2,1H3. The molecule has 0 spiro atoms. The highest BCUT2D eigenvalue weighted by Gasteiger charge is 2.13. The van der Waals surface area contributed by atoms with Crippen molar-refractivity contribution in [2.24, 2.45) is 0 Å². The van der Waals surface area contributed by atoms with Crippen LogP contribution in [0, 0.1) is 0 Å². The van der Waals surface area contributed by atoms with Crippen molar-refractivity contribution in [2.75, 3.05) is 6.54 Å². The topological polar surface area (TPSA) is 25.2 Å². The Hall–Kier alpha value is -0.580. The van der Waals surface area contributed by atoms with Gasteiger partial charge in [-0.2, -0.15) is 0 Å². The first-order valence-electron chi connectivity index (χ1n) is 6.39. The fraction of sp³-hybridized carbons (Fsp3) is 0.333. The van der Waals surface area contributed by atoms with E-state index in [1.54, 1.807) is 6.26 Å². The maximum absolute atomic E-state index is 5.16. The van der Waals surface area contributed by atoms with E-state index in [4.69, 9.17) is 4.42 Å². The molecule has 102 valence electrons. The van der Waals surface area contributed by atoms with Crippen molar-refractivity contribution in [3.63, 3.8) is 0 Å². The quantitative estimate of drug-likeness (QED) is 0.747. The third-order valence-corrected chi connectivity index (χ3v) is 3.86. The van der Waals surface area contributed by atoms with E-state index in [9.17, 15) is 0 Å². The average Bonchev–Trinajstić information content (AvgIpc) is 2.86. The first-order chi connectivity index (χ1) is 9.19. The third kappa shape index (κ3) is 4.48. The summed E-state index contributed by atoms with van der Waals surface area (Å²) in [4.78, 5) is 0. The van der Waals surface area contributed by atoms with Crippen LogP contribution in [0.5, 0.6) is 0 Å². The van der Waals surface area contributed by atoms with Gasteiger partial charge in [-0.15, -0.1) is 0 Å². The molecule has 0 fully saturated rings. The van der Waals surface area contributed by atoms with Gasteiger partial charge in [-0.1, -0.05) is 38.8 Å². The molecule has 1 aromatic carbocycles. The molecule has 0 aliphatic heterocycles. The molecule has 1 N–H and O–H groups in total. The van der Waals surface area contributed by atoms with E-state index in [1.807, 2.05) is 12.3 Å². The van der Waals surface area contributed by atoms with E-state index >= 15 is 0 Å². The molecular formula is C15H17Br2NO. The molecule has 1 atom stereocenters. The maximum Gasteiger partial charge on any atom is 0.0935 e. The fourth-order valence-electron chi connectivity index (χ4n) is 2.05. The Morgan fingerprint density at radius 3 is 2.53 bits per heavy atom. The summed E-state index contributed by atoms with van der Waals surface area (Å²) in [7, 11) is 0. The first-order valence-corrected chi connectivity index (χ1v) is 7.98. The monoisotopic (exact) mass is 385 g/mol. The summed E-state index contributed by atoms with van der Waals surface area (Å²) in [5, 5.41) is 3.60. The SMILES string of the molecule is CCCNC(Cc1ccoc1)c1cc(Br)cc(Br)c1. The van der Waals surface area contributed by atoms with Crippen LogP contribution in [0.1, 0.15) is 30.5 Å². The van der Waals surface area contributed by atoms with Crippen LogP contribution in [0.4, 0.5) is 0 Å².